The third-order valence-corrected chi connectivity index (χ3v) is 2.80. The Bertz CT molecular complexity index is 319. The Kier molecular flexibility index (Phi) is 6.12. The second-order valence-corrected chi connectivity index (χ2v) is 4.38. The number of likely N-dealkylation sites (N-methyl/N-ethyl adjacent to an activating group) is 1. The maximum Gasteiger partial charge on any atom is 0.126 e. The van der Waals surface area contributed by atoms with E-state index in [9.17, 15) is 8.78 Å². The zero-order valence-electron chi connectivity index (χ0n) is 10.6. The third kappa shape index (κ3) is 5.26. The van der Waals surface area contributed by atoms with Crippen LogP contribution < -0.4 is 5.32 Å². The van der Waals surface area contributed by atoms with Gasteiger partial charge in [-0.25, -0.2) is 8.78 Å². The molecule has 0 amide bonds. The van der Waals surface area contributed by atoms with E-state index >= 15 is 0 Å². The van der Waals surface area contributed by atoms with Crippen LogP contribution in [0.25, 0.3) is 0 Å². The molecule has 1 aromatic rings. The molecule has 0 aliphatic heterocycles. The van der Waals surface area contributed by atoms with Crippen LogP contribution in [0.1, 0.15) is 38.7 Å². The van der Waals surface area contributed by atoms with E-state index in [4.69, 9.17) is 0 Å². The Morgan fingerprint density at radius 2 is 1.76 bits per heavy atom. The van der Waals surface area contributed by atoms with Crippen LogP contribution in [0.5, 0.6) is 0 Å². The maximum absolute atomic E-state index is 13.1. The molecule has 0 saturated carbocycles. The molecule has 0 saturated heterocycles. The van der Waals surface area contributed by atoms with Crippen LogP contribution in [0.3, 0.4) is 0 Å². The maximum atomic E-state index is 13.1. The SMILES string of the molecule is CCCCC(Cc1cc(F)cc(F)c1)NCC. The summed E-state index contributed by atoms with van der Waals surface area (Å²) >= 11 is 0. The lowest BCUT2D eigenvalue weighted by molar-refractivity contribution is 0.471. The molecule has 1 unspecified atom stereocenters. The van der Waals surface area contributed by atoms with E-state index in [-0.39, 0.29) is 0 Å². The first-order valence-corrected chi connectivity index (χ1v) is 6.34. The van der Waals surface area contributed by atoms with Crippen LogP contribution in [-0.2, 0) is 6.42 Å². The van der Waals surface area contributed by atoms with Gasteiger partial charge in [-0.1, -0.05) is 26.7 Å². The zero-order chi connectivity index (χ0) is 12.7. The van der Waals surface area contributed by atoms with E-state index in [1.165, 1.54) is 12.1 Å². The lowest BCUT2D eigenvalue weighted by Gasteiger charge is -2.17. The number of hydrogen-bond acceptors (Lipinski definition) is 1. The molecular weight excluding hydrogens is 220 g/mol. The van der Waals surface area contributed by atoms with Gasteiger partial charge in [0, 0.05) is 12.1 Å². The summed E-state index contributed by atoms with van der Waals surface area (Å²) < 4.78 is 26.1. The van der Waals surface area contributed by atoms with Crippen LogP contribution in [0.15, 0.2) is 18.2 Å². The van der Waals surface area contributed by atoms with Crippen molar-refractivity contribution in [3.05, 3.63) is 35.4 Å². The van der Waals surface area contributed by atoms with Gasteiger partial charge in [0.2, 0.25) is 0 Å². The van der Waals surface area contributed by atoms with Gasteiger partial charge >= 0.3 is 0 Å². The lowest BCUT2D eigenvalue weighted by atomic mass is 10.0. The van der Waals surface area contributed by atoms with Crippen molar-refractivity contribution >= 4 is 0 Å². The quantitative estimate of drug-likeness (QED) is 0.768. The van der Waals surface area contributed by atoms with Gasteiger partial charge in [0.25, 0.3) is 0 Å². The normalized spacial score (nSPS) is 12.7. The largest absolute Gasteiger partial charge is 0.314 e. The predicted octanol–water partition coefficient (Wildman–Crippen LogP) is 3.68. The molecule has 0 bridgehead atoms. The highest BCUT2D eigenvalue weighted by Gasteiger charge is 2.09. The van der Waals surface area contributed by atoms with E-state index in [0.29, 0.717) is 12.5 Å². The van der Waals surface area contributed by atoms with Crippen molar-refractivity contribution in [3.8, 4) is 0 Å². The summed E-state index contributed by atoms with van der Waals surface area (Å²) in [6.45, 7) is 5.07. The molecule has 0 aromatic heterocycles. The van der Waals surface area contributed by atoms with Crippen molar-refractivity contribution in [2.45, 2.75) is 45.6 Å². The van der Waals surface area contributed by atoms with Crippen LogP contribution in [0.2, 0.25) is 0 Å². The van der Waals surface area contributed by atoms with Crippen molar-refractivity contribution in [2.75, 3.05) is 6.54 Å². The predicted molar refractivity (Wildman–Crippen MR) is 67.1 cm³/mol. The van der Waals surface area contributed by atoms with Crippen molar-refractivity contribution < 1.29 is 8.78 Å². The molecule has 1 atom stereocenters. The summed E-state index contributed by atoms with van der Waals surface area (Å²) in [6, 6.07) is 4.05. The summed E-state index contributed by atoms with van der Waals surface area (Å²) in [6.07, 6.45) is 4.00. The highest BCUT2D eigenvalue weighted by atomic mass is 19.1. The highest BCUT2D eigenvalue weighted by molar-refractivity contribution is 5.18. The first kappa shape index (κ1) is 14.1. The van der Waals surface area contributed by atoms with Crippen molar-refractivity contribution in [1.29, 1.82) is 0 Å². The van der Waals surface area contributed by atoms with Gasteiger partial charge in [-0.3, -0.25) is 0 Å². The number of halogens is 2. The smallest absolute Gasteiger partial charge is 0.126 e. The average molecular weight is 241 g/mol. The summed E-state index contributed by atoms with van der Waals surface area (Å²) in [4.78, 5) is 0. The van der Waals surface area contributed by atoms with Crippen molar-refractivity contribution in [3.63, 3.8) is 0 Å². The van der Waals surface area contributed by atoms with Gasteiger partial charge in [-0.2, -0.15) is 0 Å². The summed E-state index contributed by atoms with van der Waals surface area (Å²) in [5.74, 6) is -0.989. The fourth-order valence-corrected chi connectivity index (χ4v) is 2.03. The average Bonchev–Trinajstić information content (AvgIpc) is 2.24. The van der Waals surface area contributed by atoms with Gasteiger partial charge in [0.1, 0.15) is 11.6 Å². The van der Waals surface area contributed by atoms with E-state index in [2.05, 4.69) is 12.2 Å². The summed E-state index contributed by atoms with van der Waals surface area (Å²) in [5.41, 5.74) is 0.726. The Morgan fingerprint density at radius 1 is 1.12 bits per heavy atom. The van der Waals surface area contributed by atoms with Gasteiger partial charge in [-0.05, 0) is 37.1 Å². The van der Waals surface area contributed by atoms with E-state index in [0.717, 1.165) is 37.4 Å². The number of hydrogen-bond donors (Lipinski definition) is 1. The fraction of sp³-hybridized carbons (Fsp3) is 0.571. The first-order valence-electron chi connectivity index (χ1n) is 6.34. The Balaban J connectivity index is 2.63. The molecule has 1 aromatic carbocycles. The molecule has 3 heteroatoms. The first-order chi connectivity index (χ1) is 8.15. The monoisotopic (exact) mass is 241 g/mol. The van der Waals surface area contributed by atoms with E-state index in [1.54, 1.807) is 0 Å². The number of unbranched alkanes of at least 4 members (excludes halogenated alkanes) is 1. The Morgan fingerprint density at radius 3 is 2.29 bits per heavy atom. The van der Waals surface area contributed by atoms with Gasteiger partial charge in [-0.15, -0.1) is 0 Å². The molecule has 0 heterocycles. The van der Waals surface area contributed by atoms with Crippen molar-refractivity contribution in [1.82, 2.24) is 5.32 Å². The zero-order valence-corrected chi connectivity index (χ0v) is 10.6. The van der Waals surface area contributed by atoms with Gasteiger partial charge in [0.15, 0.2) is 0 Å². The summed E-state index contributed by atoms with van der Waals surface area (Å²) in [7, 11) is 0. The minimum absolute atomic E-state index is 0.307. The highest BCUT2D eigenvalue weighted by Crippen LogP contribution is 2.12. The van der Waals surface area contributed by atoms with Crippen LogP contribution >= 0.6 is 0 Å². The lowest BCUT2D eigenvalue weighted by Crippen LogP contribution is -2.30. The molecule has 1 nitrogen and oxygen atoms in total. The summed E-state index contributed by atoms with van der Waals surface area (Å²) in [5, 5.41) is 3.36. The number of benzene rings is 1. The molecular formula is C14H21F2N. The molecule has 1 N–H and O–H groups in total. The molecule has 0 spiro atoms. The van der Waals surface area contributed by atoms with E-state index in [1.807, 2.05) is 6.92 Å². The second kappa shape index (κ2) is 7.38. The van der Waals surface area contributed by atoms with Crippen LogP contribution in [0.4, 0.5) is 8.78 Å². The Labute approximate surface area is 102 Å². The molecule has 0 fully saturated rings. The molecule has 0 aliphatic rings. The number of rotatable bonds is 7. The Hall–Kier alpha value is -0.960. The van der Waals surface area contributed by atoms with Crippen LogP contribution in [0, 0.1) is 11.6 Å². The molecule has 0 radical (unpaired) electrons. The van der Waals surface area contributed by atoms with Crippen molar-refractivity contribution in [2.24, 2.45) is 0 Å². The van der Waals surface area contributed by atoms with Gasteiger partial charge < -0.3 is 5.32 Å². The molecule has 0 aliphatic carbocycles. The van der Waals surface area contributed by atoms with Crippen LogP contribution in [-0.4, -0.2) is 12.6 Å². The second-order valence-electron chi connectivity index (χ2n) is 4.38. The van der Waals surface area contributed by atoms with Gasteiger partial charge in [0.05, 0.1) is 0 Å². The minimum atomic E-state index is -0.495. The van der Waals surface area contributed by atoms with E-state index < -0.39 is 11.6 Å². The molecule has 1 rings (SSSR count). The minimum Gasteiger partial charge on any atom is -0.314 e. The number of nitrogens with one attached hydrogen (secondary N) is 1. The third-order valence-electron chi connectivity index (χ3n) is 2.80. The standard InChI is InChI=1S/C14H21F2N/c1-3-5-6-14(17-4-2)9-11-7-12(15)10-13(16)8-11/h7-8,10,14,17H,3-6,9H2,1-2H3. The fourth-order valence-electron chi connectivity index (χ4n) is 2.03. The molecule has 96 valence electrons. The topological polar surface area (TPSA) is 12.0 Å². The molecule has 17 heavy (non-hydrogen) atoms.